The van der Waals surface area contributed by atoms with Crippen LogP contribution in [0.3, 0.4) is 0 Å². The van der Waals surface area contributed by atoms with Gasteiger partial charge in [-0.15, -0.1) is 0 Å². The average Bonchev–Trinajstić information content (AvgIpc) is 3.05. The van der Waals surface area contributed by atoms with Crippen molar-refractivity contribution in [3.8, 4) is 34.2 Å². The molecule has 0 unspecified atom stereocenters. The van der Waals surface area contributed by atoms with Crippen molar-refractivity contribution in [1.82, 2.24) is 15.0 Å². The van der Waals surface area contributed by atoms with E-state index in [1.54, 1.807) is 77.8 Å². The highest BCUT2D eigenvalue weighted by molar-refractivity contribution is 6.03. The van der Waals surface area contributed by atoms with Crippen LogP contribution in [0.15, 0.2) is 77.6 Å². The number of hydrogen-bond donors (Lipinski definition) is 4. The lowest BCUT2D eigenvalue weighted by Crippen LogP contribution is -2.42. The van der Waals surface area contributed by atoms with E-state index in [0.29, 0.717) is 52.7 Å². The topological polar surface area (TPSA) is 176 Å². The lowest BCUT2D eigenvalue weighted by Gasteiger charge is -2.32. The van der Waals surface area contributed by atoms with Gasteiger partial charge in [-0.1, -0.05) is 36.4 Å². The van der Waals surface area contributed by atoms with Crippen molar-refractivity contribution in [2.45, 2.75) is 18.9 Å². The van der Waals surface area contributed by atoms with Crippen molar-refractivity contribution in [3.05, 3.63) is 94.3 Å². The SMILES string of the molecule is Cn1c(N2CCC(N)CC2)nc(-c2ccc(C#N)cc2)c(-c2ccc(OCC(=O)Nc3ccccc3C(=O)NO)cc2)c1=O. The van der Waals surface area contributed by atoms with E-state index in [4.69, 9.17) is 20.7 Å². The van der Waals surface area contributed by atoms with Gasteiger partial charge in [0, 0.05) is 31.7 Å². The van der Waals surface area contributed by atoms with E-state index in [2.05, 4.69) is 16.3 Å². The van der Waals surface area contributed by atoms with Gasteiger partial charge in [-0.05, 0) is 54.8 Å². The molecule has 3 aromatic carbocycles. The van der Waals surface area contributed by atoms with E-state index < -0.39 is 11.8 Å². The zero-order chi connectivity index (χ0) is 31.2. The number of carbonyl (C=O) groups is 2. The van der Waals surface area contributed by atoms with E-state index in [9.17, 15) is 19.6 Å². The number of nitrogens with two attached hydrogens (primary N) is 1. The Hall–Kier alpha value is -5.51. The highest BCUT2D eigenvalue weighted by Gasteiger charge is 2.24. The standard InChI is InChI=1S/C32H31N7O5/c1-38-31(42)28(29(22-8-6-20(18-33)7-9-22)36-32(38)39-16-14-23(34)15-17-39)21-10-12-24(13-11-21)44-19-27(40)35-26-5-3-2-4-25(26)30(41)37-43/h2-13,23,43H,14-17,19,34H2,1H3,(H,35,40)(H,37,41). The Labute approximate surface area is 253 Å². The molecule has 224 valence electrons. The Balaban J connectivity index is 1.40. The predicted molar refractivity (Wildman–Crippen MR) is 164 cm³/mol. The van der Waals surface area contributed by atoms with Crippen LogP contribution in [0.1, 0.15) is 28.8 Å². The maximum absolute atomic E-state index is 13.9. The minimum absolute atomic E-state index is 0.0934. The minimum atomic E-state index is -0.758. The number of para-hydroxylation sites is 1. The Morgan fingerprint density at radius 1 is 1.05 bits per heavy atom. The summed E-state index contributed by atoms with van der Waals surface area (Å²) in [4.78, 5) is 45.3. The van der Waals surface area contributed by atoms with Crippen molar-refractivity contribution >= 4 is 23.5 Å². The number of anilines is 2. The molecule has 5 N–H and O–H groups in total. The molecule has 0 bridgehead atoms. The number of hydrogen-bond acceptors (Lipinski definition) is 9. The zero-order valence-corrected chi connectivity index (χ0v) is 24.0. The van der Waals surface area contributed by atoms with Gasteiger partial charge in [0.15, 0.2) is 6.61 Å². The van der Waals surface area contributed by atoms with E-state index in [1.165, 1.54) is 12.1 Å². The fourth-order valence-corrected chi connectivity index (χ4v) is 5.05. The van der Waals surface area contributed by atoms with Crippen molar-refractivity contribution in [3.63, 3.8) is 0 Å². The second kappa shape index (κ2) is 13.2. The summed E-state index contributed by atoms with van der Waals surface area (Å²) in [5, 5.41) is 20.8. The van der Waals surface area contributed by atoms with Gasteiger partial charge in [-0.3, -0.25) is 24.2 Å². The average molecular weight is 594 g/mol. The number of nitrogens with one attached hydrogen (secondary N) is 2. The largest absolute Gasteiger partial charge is 0.484 e. The fourth-order valence-electron chi connectivity index (χ4n) is 5.05. The molecule has 2 heterocycles. The summed E-state index contributed by atoms with van der Waals surface area (Å²) >= 11 is 0. The Morgan fingerprint density at radius 3 is 2.36 bits per heavy atom. The molecule has 1 saturated heterocycles. The summed E-state index contributed by atoms with van der Waals surface area (Å²) in [6, 6.07) is 22.1. The molecule has 12 heteroatoms. The van der Waals surface area contributed by atoms with Gasteiger partial charge in [0.25, 0.3) is 17.4 Å². The maximum atomic E-state index is 13.9. The first kappa shape index (κ1) is 30.0. The molecular formula is C32H31N7O5. The molecule has 1 aromatic heterocycles. The highest BCUT2D eigenvalue weighted by Crippen LogP contribution is 2.31. The van der Waals surface area contributed by atoms with Crippen LogP contribution >= 0.6 is 0 Å². The van der Waals surface area contributed by atoms with E-state index in [0.717, 1.165) is 12.8 Å². The first-order valence-electron chi connectivity index (χ1n) is 14.0. The second-order valence-corrected chi connectivity index (χ2v) is 10.4. The Kier molecular flexibility index (Phi) is 8.99. The summed E-state index contributed by atoms with van der Waals surface area (Å²) in [6.07, 6.45) is 1.60. The molecule has 1 fully saturated rings. The normalized spacial score (nSPS) is 13.2. The van der Waals surface area contributed by atoms with Crippen molar-refractivity contribution < 1.29 is 19.5 Å². The Bertz CT molecular complexity index is 1770. The monoisotopic (exact) mass is 593 g/mol. The number of ether oxygens (including phenoxy) is 1. The first-order chi connectivity index (χ1) is 21.3. The molecule has 1 aliphatic rings. The van der Waals surface area contributed by atoms with Crippen LogP contribution in [0.4, 0.5) is 11.6 Å². The third-order valence-corrected chi connectivity index (χ3v) is 7.44. The summed E-state index contributed by atoms with van der Waals surface area (Å²) in [5.41, 5.74) is 10.4. The summed E-state index contributed by atoms with van der Waals surface area (Å²) in [7, 11) is 1.70. The molecule has 12 nitrogen and oxygen atoms in total. The maximum Gasteiger partial charge on any atom is 0.276 e. The fraction of sp³-hybridized carbons (Fsp3) is 0.219. The summed E-state index contributed by atoms with van der Waals surface area (Å²) in [5.74, 6) is -0.334. The number of hydroxylamine groups is 1. The number of benzene rings is 3. The molecular weight excluding hydrogens is 562 g/mol. The lowest BCUT2D eigenvalue weighted by atomic mass is 9.99. The van der Waals surface area contributed by atoms with E-state index in [-0.39, 0.29) is 29.5 Å². The molecule has 0 saturated carbocycles. The quantitative estimate of drug-likeness (QED) is 0.177. The number of carbonyl (C=O) groups excluding carboxylic acids is 2. The summed E-state index contributed by atoms with van der Waals surface area (Å²) < 4.78 is 7.20. The molecule has 2 amide bonds. The van der Waals surface area contributed by atoms with Gasteiger partial charge < -0.3 is 20.7 Å². The first-order valence-corrected chi connectivity index (χ1v) is 14.0. The number of rotatable bonds is 8. The number of amides is 2. The molecule has 44 heavy (non-hydrogen) atoms. The van der Waals surface area contributed by atoms with Gasteiger partial charge in [-0.2, -0.15) is 5.26 Å². The van der Waals surface area contributed by atoms with E-state index in [1.807, 2.05) is 0 Å². The molecule has 1 aliphatic heterocycles. The smallest absolute Gasteiger partial charge is 0.276 e. The predicted octanol–water partition coefficient (Wildman–Crippen LogP) is 3.05. The zero-order valence-electron chi connectivity index (χ0n) is 24.0. The van der Waals surface area contributed by atoms with Crippen molar-refractivity contribution in [2.24, 2.45) is 12.8 Å². The minimum Gasteiger partial charge on any atom is -0.484 e. The number of aromatic nitrogens is 2. The van der Waals surface area contributed by atoms with Gasteiger partial charge in [0.1, 0.15) is 5.75 Å². The number of piperidine rings is 1. The third-order valence-electron chi connectivity index (χ3n) is 7.44. The second-order valence-electron chi connectivity index (χ2n) is 10.4. The summed E-state index contributed by atoms with van der Waals surface area (Å²) in [6.45, 7) is 1.03. The molecule has 0 atom stereocenters. The molecule has 5 rings (SSSR count). The molecule has 0 aliphatic carbocycles. The van der Waals surface area contributed by atoms with Crippen LogP contribution in [-0.2, 0) is 11.8 Å². The molecule has 0 spiro atoms. The van der Waals surface area contributed by atoms with E-state index >= 15 is 0 Å². The highest BCUT2D eigenvalue weighted by atomic mass is 16.5. The van der Waals surface area contributed by atoms with Crippen molar-refractivity contribution in [2.75, 3.05) is 29.9 Å². The third kappa shape index (κ3) is 6.44. The Morgan fingerprint density at radius 2 is 1.70 bits per heavy atom. The van der Waals surface area contributed by atoms with Gasteiger partial charge in [0.05, 0.1) is 34.1 Å². The lowest BCUT2D eigenvalue weighted by molar-refractivity contribution is -0.118. The van der Waals surface area contributed by atoms with Gasteiger partial charge in [0.2, 0.25) is 5.95 Å². The van der Waals surface area contributed by atoms with Crippen LogP contribution in [0.2, 0.25) is 0 Å². The van der Waals surface area contributed by atoms with Crippen LogP contribution in [0, 0.1) is 11.3 Å². The van der Waals surface area contributed by atoms with Crippen LogP contribution < -0.4 is 31.7 Å². The van der Waals surface area contributed by atoms with Crippen molar-refractivity contribution in [1.29, 1.82) is 5.26 Å². The molecule has 0 radical (unpaired) electrons. The van der Waals surface area contributed by atoms with Gasteiger partial charge >= 0.3 is 0 Å². The van der Waals surface area contributed by atoms with Crippen LogP contribution in [-0.4, -0.2) is 52.3 Å². The van der Waals surface area contributed by atoms with Crippen LogP contribution in [0.5, 0.6) is 5.75 Å². The number of nitriles is 1. The number of nitrogens with zero attached hydrogens (tertiary/aromatic N) is 4. The van der Waals surface area contributed by atoms with Crippen LogP contribution in [0.25, 0.3) is 22.4 Å². The molecule has 4 aromatic rings. The van der Waals surface area contributed by atoms with Gasteiger partial charge in [-0.25, -0.2) is 10.5 Å².